The summed E-state index contributed by atoms with van der Waals surface area (Å²) in [5, 5.41) is 7.37. The summed E-state index contributed by atoms with van der Waals surface area (Å²) in [6.07, 6.45) is 2.13. The number of hydrogen-bond acceptors (Lipinski definition) is 3. The molecule has 0 radical (unpaired) electrons. The number of nitrogens with zero attached hydrogens (tertiary/aromatic N) is 1. The van der Waals surface area contributed by atoms with Crippen molar-refractivity contribution in [3.05, 3.63) is 27.5 Å². The largest absolute Gasteiger partial charge is 0.400 e. The maximum Gasteiger partial charge on any atom is 0.151 e. The standard InChI is InChI=1S/C6H3BrClNO.CH4O/c7-5-1-4(3-10)2-9-6(5)8;1-2/h1-3H;2H,1H3. The van der Waals surface area contributed by atoms with Crippen molar-refractivity contribution in [3.8, 4) is 0 Å². The summed E-state index contributed by atoms with van der Waals surface area (Å²) < 4.78 is 0.638. The molecule has 12 heavy (non-hydrogen) atoms. The number of carbonyl (C=O) groups is 1. The minimum atomic E-state index is 0.366. The molecule has 66 valence electrons. The van der Waals surface area contributed by atoms with E-state index < -0.39 is 0 Å². The number of halogens is 2. The lowest BCUT2D eigenvalue weighted by atomic mass is 10.3. The average Bonchev–Trinajstić information content (AvgIpc) is 2.13. The van der Waals surface area contributed by atoms with Gasteiger partial charge in [-0.2, -0.15) is 0 Å². The Labute approximate surface area is 83.5 Å². The summed E-state index contributed by atoms with van der Waals surface area (Å²) in [6.45, 7) is 0. The SMILES string of the molecule is CO.O=Cc1cnc(Cl)c(Br)c1. The number of aliphatic hydroxyl groups is 1. The Kier molecular flexibility index (Phi) is 5.88. The van der Waals surface area contributed by atoms with Crippen LogP contribution in [0, 0.1) is 0 Å². The third-order valence-electron chi connectivity index (χ3n) is 0.954. The van der Waals surface area contributed by atoms with Gasteiger partial charge in [0.05, 0.1) is 4.47 Å². The molecule has 0 aliphatic carbocycles. The van der Waals surface area contributed by atoms with Crippen molar-refractivity contribution >= 4 is 33.8 Å². The number of aliphatic hydroxyl groups excluding tert-OH is 1. The van der Waals surface area contributed by atoms with Crippen LogP contribution in [0.4, 0.5) is 0 Å². The highest BCUT2D eigenvalue weighted by atomic mass is 79.9. The van der Waals surface area contributed by atoms with Gasteiger partial charge < -0.3 is 5.11 Å². The van der Waals surface area contributed by atoms with Crippen molar-refractivity contribution in [1.29, 1.82) is 0 Å². The van der Waals surface area contributed by atoms with Crippen molar-refractivity contribution < 1.29 is 9.90 Å². The van der Waals surface area contributed by atoms with Crippen molar-refractivity contribution in [2.45, 2.75) is 0 Å². The van der Waals surface area contributed by atoms with Crippen LogP contribution in [0.15, 0.2) is 16.7 Å². The first-order valence-corrected chi connectivity index (χ1v) is 4.12. The summed E-state index contributed by atoms with van der Waals surface area (Å²) in [6, 6.07) is 1.61. The molecule has 0 spiro atoms. The van der Waals surface area contributed by atoms with Crippen LogP contribution < -0.4 is 0 Å². The monoisotopic (exact) mass is 251 g/mol. The lowest BCUT2D eigenvalue weighted by molar-refractivity contribution is 0.112. The minimum absolute atomic E-state index is 0.366. The topological polar surface area (TPSA) is 50.2 Å². The molecule has 0 unspecified atom stereocenters. The van der Waals surface area contributed by atoms with Gasteiger partial charge in [-0.15, -0.1) is 0 Å². The molecule has 0 aromatic carbocycles. The molecular formula is C7H7BrClNO2. The van der Waals surface area contributed by atoms with Gasteiger partial charge in [0, 0.05) is 18.9 Å². The Morgan fingerprint density at radius 3 is 2.67 bits per heavy atom. The average molecular weight is 252 g/mol. The van der Waals surface area contributed by atoms with Crippen molar-refractivity contribution in [3.63, 3.8) is 0 Å². The second kappa shape index (κ2) is 6.11. The van der Waals surface area contributed by atoms with E-state index in [9.17, 15) is 4.79 Å². The predicted molar refractivity (Wildman–Crippen MR) is 50.5 cm³/mol. The minimum Gasteiger partial charge on any atom is -0.400 e. The molecule has 1 aromatic rings. The number of aromatic nitrogens is 1. The number of aldehydes is 1. The maximum absolute atomic E-state index is 10.2. The quantitative estimate of drug-likeness (QED) is 0.614. The van der Waals surface area contributed by atoms with Gasteiger partial charge in [-0.1, -0.05) is 11.6 Å². The van der Waals surface area contributed by atoms with Crippen LogP contribution in [0.3, 0.4) is 0 Å². The third kappa shape index (κ3) is 3.30. The van der Waals surface area contributed by atoms with E-state index in [1.54, 1.807) is 6.07 Å². The molecule has 0 aliphatic rings. The van der Waals surface area contributed by atoms with Gasteiger partial charge >= 0.3 is 0 Å². The molecule has 0 fully saturated rings. The Bertz CT molecular complexity index is 268. The maximum atomic E-state index is 10.2. The normalized spacial score (nSPS) is 8.33. The van der Waals surface area contributed by atoms with Gasteiger partial charge in [0.1, 0.15) is 5.15 Å². The van der Waals surface area contributed by atoms with Gasteiger partial charge in [0.15, 0.2) is 6.29 Å². The van der Waals surface area contributed by atoms with Gasteiger partial charge in [-0.25, -0.2) is 4.98 Å². The molecule has 5 heteroatoms. The Morgan fingerprint density at radius 2 is 2.25 bits per heavy atom. The smallest absolute Gasteiger partial charge is 0.151 e. The van der Waals surface area contributed by atoms with Gasteiger partial charge in [-0.05, 0) is 22.0 Å². The second-order valence-corrected chi connectivity index (χ2v) is 2.87. The first kappa shape index (κ1) is 11.6. The summed E-state index contributed by atoms with van der Waals surface area (Å²) in [5.74, 6) is 0. The number of hydrogen-bond donors (Lipinski definition) is 1. The van der Waals surface area contributed by atoms with E-state index in [2.05, 4.69) is 20.9 Å². The summed E-state index contributed by atoms with van der Waals surface area (Å²) in [4.78, 5) is 13.9. The van der Waals surface area contributed by atoms with Gasteiger partial charge in [0.2, 0.25) is 0 Å². The Morgan fingerprint density at radius 1 is 1.67 bits per heavy atom. The molecule has 0 atom stereocenters. The van der Waals surface area contributed by atoms with Crippen LogP contribution in [0.5, 0.6) is 0 Å². The van der Waals surface area contributed by atoms with E-state index in [4.69, 9.17) is 16.7 Å². The second-order valence-electron chi connectivity index (χ2n) is 1.66. The zero-order valence-corrected chi connectivity index (χ0v) is 8.63. The van der Waals surface area contributed by atoms with Crippen LogP contribution in [0.1, 0.15) is 10.4 Å². The van der Waals surface area contributed by atoms with Crippen molar-refractivity contribution in [1.82, 2.24) is 4.98 Å². The van der Waals surface area contributed by atoms with E-state index in [0.717, 1.165) is 7.11 Å². The molecule has 1 rings (SSSR count). The highest BCUT2D eigenvalue weighted by Crippen LogP contribution is 2.19. The van der Waals surface area contributed by atoms with E-state index in [1.165, 1.54) is 6.20 Å². The molecular weight excluding hydrogens is 245 g/mol. The molecule has 1 heterocycles. The summed E-state index contributed by atoms with van der Waals surface area (Å²) in [7, 11) is 1.00. The number of pyridine rings is 1. The van der Waals surface area contributed by atoms with Gasteiger partial charge in [-0.3, -0.25) is 4.79 Å². The number of rotatable bonds is 1. The van der Waals surface area contributed by atoms with Crippen LogP contribution >= 0.6 is 27.5 Å². The van der Waals surface area contributed by atoms with Crippen molar-refractivity contribution in [2.24, 2.45) is 0 Å². The zero-order chi connectivity index (χ0) is 9.56. The van der Waals surface area contributed by atoms with Crippen LogP contribution in [0.25, 0.3) is 0 Å². The molecule has 1 N–H and O–H groups in total. The Hall–Kier alpha value is -0.450. The molecule has 1 aromatic heterocycles. The highest BCUT2D eigenvalue weighted by molar-refractivity contribution is 9.10. The fourth-order valence-corrected chi connectivity index (χ4v) is 0.971. The third-order valence-corrected chi connectivity index (χ3v) is 2.09. The summed E-state index contributed by atoms with van der Waals surface area (Å²) in [5.41, 5.74) is 0.510. The molecule has 0 saturated heterocycles. The number of carbonyl (C=O) groups excluding carboxylic acids is 1. The van der Waals surface area contributed by atoms with Crippen LogP contribution in [-0.2, 0) is 0 Å². The lowest BCUT2D eigenvalue weighted by Gasteiger charge is -1.93. The molecule has 0 bridgehead atoms. The van der Waals surface area contributed by atoms with E-state index in [-0.39, 0.29) is 0 Å². The molecule has 0 aliphatic heterocycles. The lowest BCUT2D eigenvalue weighted by Crippen LogP contribution is -1.82. The molecule has 0 amide bonds. The molecule has 0 saturated carbocycles. The fraction of sp³-hybridized carbons (Fsp3) is 0.143. The highest BCUT2D eigenvalue weighted by Gasteiger charge is 1.97. The van der Waals surface area contributed by atoms with Gasteiger partial charge in [0.25, 0.3) is 0 Å². The predicted octanol–water partition coefficient (Wildman–Crippen LogP) is 1.92. The van der Waals surface area contributed by atoms with E-state index in [0.29, 0.717) is 21.5 Å². The van der Waals surface area contributed by atoms with E-state index >= 15 is 0 Å². The van der Waals surface area contributed by atoms with E-state index in [1.807, 2.05) is 0 Å². The Balaban J connectivity index is 0.000000561. The fourth-order valence-electron chi connectivity index (χ4n) is 0.500. The van der Waals surface area contributed by atoms with Crippen LogP contribution in [0.2, 0.25) is 5.15 Å². The first-order valence-electron chi connectivity index (χ1n) is 2.95. The van der Waals surface area contributed by atoms with Crippen molar-refractivity contribution in [2.75, 3.05) is 7.11 Å². The molecule has 3 nitrogen and oxygen atoms in total. The first-order chi connectivity index (χ1) is 5.74. The summed E-state index contributed by atoms with van der Waals surface area (Å²) >= 11 is 8.70. The zero-order valence-electron chi connectivity index (χ0n) is 6.29. The van der Waals surface area contributed by atoms with Crippen LogP contribution in [-0.4, -0.2) is 23.5 Å².